The molecule has 2 rings (SSSR count). The zero-order valence-electron chi connectivity index (χ0n) is 8.73. The van der Waals surface area contributed by atoms with Gasteiger partial charge in [-0.05, 0) is 11.4 Å². The minimum Gasteiger partial charge on any atom is -0.338 e. The summed E-state index contributed by atoms with van der Waals surface area (Å²) in [5.74, 6) is 1.30. The fourth-order valence-corrected chi connectivity index (χ4v) is 1.77. The number of thiophene rings is 1. The number of aromatic nitrogens is 2. The number of nitrogens with zero attached hydrogens (tertiary/aromatic N) is 2. The van der Waals surface area contributed by atoms with Crippen molar-refractivity contribution in [2.24, 2.45) is 0 Å². The van der Waals surface area contributed by atoms with Gasteiger partial charge < -0.3 is 9.84 Å². The number of nitrogens with one attached hydrogen (secondary N) is 1. The van der Waals surface area contributed by atoms with E-state index in [1.807, 2.05) is 17.5 Å². The maximum atomic E-state index is 5.12. The van der Waals surface area contributed by atoms with E-state index in [9.17, 15) is 0 Å². The quantitative estimate of drug-likeness (QED) is 0.864. The van der Waals surface area contributed by atoms with Crippen LogP contribution in [0.15, 0.2) is 22.0 Å². The summed E-state index contributed by atoms with van der Waals surface area (Å²) in [7, 11) is 0. The van der Waals surface area contributed by atoms with Crippen molar-refractivity contribution >= 4 is 11.3 Å². The molecule has 2 aromatic rings. The van der Waals surface area contributed by atoms with E-state index < -0.39 is 0 Å². The first-order chi connectivity index (χ1) is 7.25. The summed E-state index contributed by atoms with van der Waals surface area (Å²) in [6.07, 6.45) is 0. The lowest BCUT2D eigenvalue weighted by atomic mass is 10.4. The van der Waals surface area contributed by atoms with Gasteiger partial charge in [0.25, 0.3) is 0 Å². The van der Waals surface area contributed by atoms with Gasteiger partial charge in [0, 0.05) is 6.04 Å². The molecule has 0 spiro atoms. The van der Waals surface area contributed by atoms with Gasteiger partial charge in [0.2, 0.25) is 11.7 Å². The van der Waals surface area contributed by atoms with Crippen LogP contribution in [0, 0.1) is 0 Å². The predicted molar refractivity (Wildman–Crippen MR) is 59.6 cm³/mol. The Hall–Kier alpha value is -1.20. The third-order valence-electron chi connectivity index (χ3n) is 1.87. The van der Waals surface area contributed by atoms with Gasteiger partial charge in [-0.2, -0.15) is 4.98 Å². The van der Waals surface area contributed by atoms with Crippen LogP contribution in [0.2, 0.25) is 0 Å². The maximum absolute atomic E-state index is 5.12. The van der Waals surface area contributed by atoms with Gasteiger partial charge in [-0.25, -0.2) is 0 Å². The largest absolute Gasteiger partial charge is 0.338 e. The molecule has 0 atom stereocenters. The van der Waals surface area contributed by atoms with Gasteiger partial charge >= 0.3 is 0 Å². The van der Waals surface area contributed by atoms with Gasteiger partial charge in [-0.1, -0.05) is 25.1 Å². The zero-order valence-corrected chi connectivity index (χ0v) is 9.54. The van der Waals surface area contributed by atoms with Crippen LogP contribution in [0.1, 0.15) is 19.7 Å². The lowest BCUT2D eigenvalue weighted by Crippen LogP contribution is -2.21. The SMILES string of the molecule is CC(C)NCc1nc(-c2cccs2)no1. The normalized spacial score (nSPS) is 11.1. The Morgan fingerprint density at radius 2 is 2.40 bits per heavy atom. The van der Waals surface area contributed by atoms with Crippen molar-refractivity contribution in [3.63, 3.8) is 0 Å². The average Bonchev–Trinajstić information content (AvgIpc) is 2.85. The lowest BCUT2D eigenvalue weighted by molar-refractivity contribution is 0.362. The molecule has 2 aromatic heterocycles. The van der Waals surface area contributed by atoms with Crippen molar-refractivity contribution < 1.29 is 4.52 Å². The number of rotatable bonds is 4. The highest BCUT2D eigenvalue weighted by Gasteiger charge is 2.08. The smallest absolute Gasteiger partial charge is 0.240 e. The Balaban J connectivity index is 2.04. The molecule has 0 aliphatic rings. The van der Waals surface area contributed by atoms with Gasteiger partial charge in [0.05, 0.1) is 11.4 Å². The fraction of sp³-hybridized carbons (Fsp3) is 0.400. The topological polar surface area (TPSA) is 51.0 Å². The van der Waals surface area contributed by atoms with Crippen molar-refractivity contribution in [2.45, 2.75) is 26.4 Å². The summed E-state index contributed by atoms with van der Waals surface area (Å²) in [6.45, 7) is 4.78. The van der Waals surface area contributed by atoms with Crippen molar-refractivity contribution in [3.8, 4) is 10.7 Å². The molecule has 0 saturated heterocycles. The third-order valence-corrected chi connectivity index (χ3v) is 2.74. The first-order valence-electron chi connectivity index (χ1n) is 4.85. The molecule has 0 unspecified atom stereocenters. The summed E-state index contributed by atoms with van der Waals surface area (Å²) < 4.78 is 5.12. The summed E-state index contributed by atoms with van der Waals surface area (Å²) in [5, 5.41) is 9.15. The predicted octanol–water partition coefficient (Wildman–Crippen LogP) is 2.30. The van der Waals surface area contributed by atoms with Gasteiger partial charge in [-0.15, -0.1) is 11.3 Å². The van der Waals surface area contributed by atoms with E-state index in [2.05, 4.69) is 29.3 Å². The van der Waals surface area contributed by atoms with E-state index in [4.69, 9.17) is 4.52 Å². The first kappa shape index (κ1) is 10.3. The van der Waals surface area contributed by atoms with E-state index in [-0.39, 0.29) is 0 Å². The van der Waals surface area contributed by atoms with Crippen molar-refractivity contribution in [1.82, 2.24) is 15.5 Å². The molecule has 0 bridgehead atoms. The van der Waals surface area contributed by atoms with E-state index in [0.29, 0.717) is 24.3 Å². The summed E-state index contributed by atoms with van der Waals surface area (Å²) in [4.78, 5) is 5.33. The van der Waals surface area contributed by atoms with Crippen LogP contribution in [0.5, 0.6) is 0 Å². The molecule has 0 aliphatic carbocycles. The molecule has 0 amide bonds. The Morgan fingerprint density at radius 3 is 3.07 bits per heavy atom. The van der Waals surface area contributed by atoms with Crippen LogP contribution < -0.4 is 5.32 Å². The molecule has 1 N–H and O–H groups in total. The molecule has 0 saturated carbocycles. The molecule has 80 valence electrons. The molecule has 0 aliphatic heterocycles. The minimum absolute atomic E-state index is 0.419. The van der Waals surface area contributed by atoms with Crippen LogP contribution >= 0.6 is 11.3 Å². The van der Waals surface area contributed by atoms with Crippen molar-refractivity contribution in [1.29, 1.82) is 0 Å². The van der Waals surface area contributed by atoms with E-state index >= 15 is 0 Å². The third kappa shape index (κ3) is 2.64. The zero-order chi connectivity index (χ0) is 10.7. The molecule has 0 fully saturated rings. The molecule has 0 aromatic carbocycles. The molecule has 2 heterocycles. The van der Waals surface area contributed by atoms with Crippen LogP contribution in [0.3, 0.4) is 0 Å². The van der Waals surface area contributed by atoms with Gasteiger partial charge in [0.1, 0.15) is 0 Å². The number of hydrogen-bond donors (Lipinski definition) is 1. The summed E-state index contributed by atoms with van der Waals surface area (Å²) in [6, 6.07) is 4.37. The summed E-state index contributed by atoms with van der Waals surface area (Å²) in [5.41, 5.74) is 0. The van der Waals surface area contributed by atoms with E-state index in [1.165, 1.54) is 0 Å². The van der Waals surface area contributed by atoms with Crippen LogP contribution in [-0.4, -0.2) is 16.2 Å². The highest BCUT2D eigenvalue weighted by atomic mass is 32.1. The average molecular weight is 223 g/mol. The highest BCUT2D eigenvalue weighted by Crippen LogP contribution is 2.21. The molecule has 0 radical (unpaired) electrons. The lowest BCUT2D eigenvalue weighted by Gasteiger charge is -2.02. The molecule has 15 heavy (non-hydrogen) atoms. The summed E-state index contributed by atoms with van der Waals surface area (Å²) >= 11 is 1.61. The van der Waals surface area contributed by atoms with Crippen molar-refractivity contribution in [2.75, 3.05) is 0 Å². The second-order valence-electron chi connectivity index (χ2n) is 3.52. The van der Waals surface area contributed by atoms with Crippen molar-refractivity contribution in [3.05, 3.63) is 23.4 Å². The van der Waals surface area contributed by atoms with Gasteiger partial charge in [0.15, 0.2) is 0 Å². The fourth-order valence-electron chi connectivity index (χ4n) is 1.12. The Kier molecular flexibility index (Phi) is 3.13. The highest BCUT2D eigenvalue weighted by molar-refractivity contribution is 7.13. The van der Waals surface area contributed by atoms with Crippen LogP contribution in [0.25, 0.3) is 10.7 Å². The second kappa shape index (κ2) is 4.55. The van der Waals surface area contributed by atoms with Gasteiger partial charge in [-0.3, -0.25) is 0 Å². The Labute approximate surface area is 92.3 Å². The second-order valence-corrected chi connectivity index (χ2v) is 4.47. The molecule has 5 heteroatoms. The van der Waals surface area contributed by atoms with Crippen LogP contribution in [0.4, 0.5) is 0 Å². The number of hydrogen-bond acceptors (Lipinski definition) is 5. The molecular weight excluding hydrogens is 210 g/mol. The van der Waals surface area contributed by atoms with Crippen LogP contribution in [-0.2, 0) is 6.54 Å². The minimum atomic E-state index is 0.419. The monoisotopic (exact) mass is 223 g/mol. The van der Waals surface area contributed by atoms with E-state index in [0.717, 1.165) is 4.88 Å². The molecular formula is C10H13N3OS. The first-order valence-corrected chi connectivity index (χ1v) is 5.73. The maximum Gasteiger partial charge on any atom is 0.240 e. The Morgan fingerprint density at radius 1 is 1.53 bits per heavy atom. The molecule has 4 nitrogen and oxygen atoms in total. The standard InChI is InChI=1S/C10H13N3OS/c1-7(2)11-6-9-12-10(13-14-9)8-4-3-5-15-8/h3-5,7,11H,6H2,1-2H3. The Bertz CT molecular complexity index is 408. The van der Waals surface area contributed by atoms with E-state index in [1.54, 1.807) is 11.3 Å².